The molecule has 0 aliphatic heterocycles. The Labute approximate surface area is 114 Å². The van der Waals surface area contributed by atoms with Crippen molar-refractivity contribution in [1.82, 2.24) is 0 Å². The summed E-state index contributed by atoms with van der Waals surface area (Å²) in [4.78, 5) is 11.0. The first-order chi connectivity index (χ1) is 8.06. The molecule has 0 aromatic heterocycles. The maximum atomic E-state index is 11.0. The highest BCUT2D eigenvalue weighted by Crippen LogP contribution is 2.29. The molecule has 1 unspecified atom stereocenters. The van der Waals surface area contributed by atoms with Gasteiger partial charge in [-0.15, -0.1) is 0 Å². The van der Waals surface area contributed by atoms with E-state index in [0.29, 0.717) is 6.42 Å². The van der Waals surface area contributed by atoms with E-state index in [2.05, 4.69) is 22.9 Å². The van der Waals surface area contributed by atoms with E-state index < -0.39 is 10.3 Å². The summed E-state index contributed by atoms with van der Waals surface area (Å²) in [5.74, 6) is -0.719. The van der Waals surface area contributed by atoms with Gasteiger partial charge < -0.3 is 5.11 Å². The molecule has 0 aromatic carbocycles. The lowest BCUT2D eigenvalue weighted by atomic mass is 9.97. The molecule has 2 nitrogen and oxygen atoms in total. The lowest BCUT2D eigenvalue weighted by molar-refractivity contribution is -0.139. The fourth-order valence-corrected chi connectivity index (χ4v) is 2.25. The van der Waals surface area contributed by atoms with Crippen molar-refractivity contribution in [2.24, 2.45) is 0 Å². The van der Waals surface area contributed by atoms with Gasteiger partial charge in [-0.05, 0) is 12.8 Å². The zero-order chi connectivity index (χ0) is 13.1. The Hall–Kier alpha value is -0.0500. The van der Waals surface area contributed by atoms with Gasteiger partial charge in [-0.2, -0.15) is 0 Å². The number of rotatable bonds is 11. The van der Waals surface area contributed by atoms with Gasteiger partial charge in [-0.25, -0.2) is 0 Å². The minimum absolute atomic E-state index is 0.652. The molecule has 102 valence electrons. The van der Waals surface area contributed by atoms with Gasteiger partial charge in [0.25, 0.3) is 0 Å². The van der Waals surface area contributed by atoms with Crippen molar-refractivity contribution in [3.05, 3.63) is 0 Å². The topological polar surface area (TPSA) is 37.3 Å². The molecule has 0 saturated heterocycles. The van der Waals surface area contributed by atoms with Gasteiger partial charge >= 0.3 is 5.97 Å². The molecule has 0 amide bonds. The van der Waals surface area contributed by atoms with Crippen LogP contribution in [0.2, 0.25) is 0 Å². The number of carboxylic acids is 1. The monoisotopic (exact) mass is 306 g/mol. The molecule has 0 rings (SSSR count). The van der Waals surface area contributed by atoms with Gasteiger partial charge in [0.1, 0.15) is 4.32 Å². The predicted octanol–water partition coefficient (Wildman–Crippen LogP) is 5.15. The van der Waals surface area contributed by atoms with Gasteiger partial charge in [-0.1, -0.05) is 81.1 Å². The second-order valence-electron chi connectivity index (χ2n) is 4.85. The van der Waals surface area contributed by atoms with Gasteiger partial charge in [0.15, 0.2) is 0 Å². The zero-order valence-electron chi connectivity index (χ0n) is 11.3. The van der Waals surface area contributed by atoms with Crippen LogP contribution < -0.4 is 0 Å². The maximum absolute atomic E-state index is 11.0. The normalized spacial score (nSPS) is 14.5. The number of carbonyl (C=O) groups is 1. The van der Waals surface area contributed by atoms with Crippen molar-refractivity contribution in [2.45, 2.75) is 82.4 Å². The molecule has 3 heteroatoms. The highest BCUT2D eigenvalue weighted by molar-refractivity contribution is 9.10. The number of alkyl halides is 1. The summed E-state index contributed by atoms with van der Waals surface area (Å²) in [6.45, 7) is 4.15. The van der Waals surface area contributed by atoms with E-state index in [1.165, 1.54) is 38.5 Å². The summed E-state index contributed by atoms with van der Waals surface area (Å²) < 4.78 is -0.685. The molecular formula is C14H27BrO2. The second kappa shape index (κ2) is 9.93. The van der Waals surface area contributed by atoms with Gasteiger partial charge in [0, 0.05) is 0 Å². The smallest absolute Gasteiger partial charge is 0.320 e. The summed E-state index contributed by atoms with van der Waals surface area (Å²) >= 11 is 3.35. The van der Waals surface area contributed by atoms with E-state index in [9.17, 15) is 4.79 Å². The minimum Gasteiger partial charge on any atom is -0.480 e. The summed E-state index contributed by atoms with van der Waals surface area (Å²) in [6.07, 6.45) is 11.4. The second-order valence-corrected chi connectivity index (χ2v) is 6.37. The van der Waals surface area contributed by atoms with E-state index in [1.807, 2.05) is 6.92 Å². The molecule has 0 radical (unpaired) electrons. The Morgan fingerprint density at radius 3 is 1.88 bits per heavy atom. The van der Waals surface area contributed by atoms with E-state index in [1.54, 1.807) is 0 Å². The Balaban J connectivity index is 3.47. The summed E-state index contributed by atoms with van der Waals surface area (Å²) in [6, 6.07) is 0. The number of carboxylic acid groups (broad SMARTS) is 1. The van der Waals surface area contributed by atoms with Crippen LogP contribution in [-0.4, -0.2) is 15.4 Å². The van der Waals surface area contributed by atoms with Crippen molar-refractivity contribution < 1.29 is 9.90 Å². The molecule has 0 fully saturated rings. The molecule has 1 N–H and O–H groups in total. The third-order valence-corrected chi connectivity index (χ3v) is 4.67. The Morgan fingerprint density at radius 1 is 1.00 bits per heavy atom. The van der Waals surface area contributed by atoms with Crippen LogP contribution >= 0.6 is 15.9 Å². The Kier molecular flexibility index (Phi) is 9.90. The average Bonchev–Trinajstić information content (AvgIpc) is 2.32. The summed E-state index contributed by atoms with van der Waals surface area (Å²) in [7, 11) is 0. The molecule has 0 aliphatic carbocycles. The first-order valence-electron chi connectivity index (χ1n) is 6.99. The number of hydrogen-bond acceptors (Lipinski definition) is 1. The van der Waals surface area contributed by atoms with Gasteiger partial charge in [-0.3, -0.25) is 4.79 Å². The third-order valence-electron chi connectivity index (χ3n) is 3.37. The van der Waals surface area contributed by atoms with E-state index >= 15 is 0 Å². The molecular weight excluding hydrogens is 280 g/mol. The lowest BCUT2D eigenvalue weighted by Gasteiger charge is -2.20. The molecule has 1 atom stereocenters. The van der Waals surface area contributed by atoms with Crippen LogP contribution in [0.5, 0.6) is 0 Å². The standard InChI is InChI=1S/C14H27BrO2/c1-3-5-6-7-8-9-10-11-12-14(15,4-2)13(16)17/h3-12H2,1-2H3,(H,16,17). The zero-order valence-corrected chi connectivity index (χ0v) is 12.9. The van der Waals surface area contributed by atoms with E-state index in [0.717, 1.165) is 19.3 Å². The van der Waals surface area contributed by atoms with Crippen LogP contribution in [0.25, 0.3) is 0 Å². The van der Waals surface area contributed by atoms with Crippen molar-refractivity contribution in [1.29, 1.82) is 0 Å². The van der Waals surface area contributed by atoms with Crippen LogP contribution in [0.3, 0.4) is 0 Å². The minimum atomic E-state index is -0.719. The fraction of sp³-hybridized carbons (Fsp3) is 0.929. The highest BCUT2D eigenvalue weighted by atomic mass is 79.9. The number of halogens is 1. The number of unbranched alkanes of at least 4 members (excludes halogenated alkanes) is 7. The first-order valence-corrected chi connectivity index (χ1v) is 7.78. The van der Waals surface area contributed by atoms with Gasteiger partial charge in [0.05, 0.1) is 0 Å². The van der Waals surface area contributed by atoms with Crippen LogP contribution in [0.4, 0.5) is 0 Å². The van der Waals surface area contributed by atoms with Crippen LogP contribution in [0.15, 0.2) is 0 Å². The highest BCUT2D eigenvalue weighted by Gasteiger charge is 2.32. The fourth-order valence-electron chi connectivity index (χ4n) is 1.97. The molecule has 0 saturated carbocycles. The van der Waals surface area contributed by atoms with Crippen molar-refractivity contribution in [3.63, 3.8) is 0 Å². The Morgan fingerprint density at radius 2 is 1.47 bits per heavy atom. The molecule has 0 spiro atoms. The third kappa shape index (κ3) is 7.80. The Bertz CT molecular complexity index is 206. The van der Waals surface area contributed by atoms with Gasteiger partial charge in [0.2, 0.25) is 0 Å². The van der Waals surface area contributed by atoms with Crippen LogP contribution in [-0.2, 0) is 4.79 Å². The molecule has 0 aromatic rings. The van der Waals surface area contributed by atoms with Crippen molar-refractivity contribution >= 4 is 21.9 Å². The quantitative estimate of drug-likeness (QED) is 0.423. The lowest BCUT2D eigenvalue weighted by Crippen LogP contribution is -2.30. The van der Waals surface area contributed by atoms with Crippen LogP contribution in [0.1, 0.15) is 78.1 Å². The molecule has 0 heterocycles. The SMILES string of the molecule is CCCCCCCCCCC(Br)(CC)C(=O)O. The van der Waals surface area contributed by atoms with E-state index in [-0.39, 0.29) is 0 Å². The summed E-state index contributed by atoms with van der Waals surface area (Å²) in [5.41, 5.74) is 0. The largest absolute Gasteiger partial charge is 0.480 e. The summed E-state index contributed by atoms with van der Waals surface area (Å²) in [5, 5.41) is 9.09. The number of aliphatic carboxylic acids is 1. The average molecular weight is 307 g/mol. The predicted molar refractivity (Wildman–Crippen MR) is 76.8 cm³/mol. The maximum Gasteiger partial charge on any atom is 0.320 e. The molecule has 0 aliphatic rings. The molecule has 17 heavy (non-hydrogen) atoms. The van der Waals surface area contributed by atoms with Crippen molar-refractivity contribution in [3.8, 4) is 0 Å². The van der Waals surface area contributed by atoms with Crippen LogP contribution in [0, 0.1) is 0 Å². The van der Waals surface area contributed by atoms with Crippen molar-refractivity contribution in [2.75, 3.05) is 0 Å². The number of hydrogen-bond donors (Lipinski definition) is 1. The van der Waals surface area contributed by atoms with E-state index in [4.69, 9.17) is 5.11 Å². The molecule has 0 bridgehead atoms. The first kappa shape index (κ1) is 16.9.